The molecule has 146 valence electrons. The highest BCUT2D eigenvalue weighted by atomic mass is 79.9. The fourth-order valence-corrected chi connectivity index (χ4v) is 4.98. The van der Waals surface area contributed by atoms with E-state index in [1.807, 2.05) is 0 Å². The molecule has 1 aliphatic heterocycles. The Hall–Kier alpha value is -1.45. The summed E-state index contributed by atoms with van der Waals surface area (Å²) < 4.78 is 36.9. The Balaban J connectivity index is 1.57. The Morgan fingerprint density at radius 3 is 2.74 bits per heavy atom. The quantitative estimate of drug-likeness (QED) is 0.641. The monoisotopic (exact) mass is 476 g/mol. The Morgan fingerprint density at radius 2 is 2.04 bits per heavy atom. The smallest absolute Gasteiger partial charge is 0.229 e. The Morgan fingerprint density at radius 1 is 1.30 bits per heavy atom. The van der Waals surface area contributed by atoms with E-state index < -0.39 is 15.7 Å². The van der Waals surface area contributed by atoms with E-state index in [4.69, 9.17) is 11.6 Å². The van der Waals surface area contributed by atoms with Crippen LogP contribution in [0.4, 0.5) is 21.8 Å². The minimum absolute atomic E-state index is 0.0185. The molecule has 0 unspecified atom stereocenters. The first kappa shape index (κ1) is 20.3. The van der Waals surface area contributed by atoms with E-state index in [0.717, 1.165) is 10.9 Å². The molecule has 0 atom stereocenters. The molecule has 0 amide bonds. The fourth-order valence-electron chi connectivity index (χ4n) is 2.88. The maximum absolute atomic E-state index is 13.2. The molecule has 27 heavy (non-hydrogen) atoms. The maximum atomic E-state index is 13.2. The zero-order valence-electron chi connectivity index (χ0n) is 14.4. The van der Waals surface area contributed by atoms with Crippen LogP contribution in [0.5, 0.6) is 0 Å². The van der Waals surface area contributed by atoms with Gasteiger partial charge in [0.15, 0.2) is 0 Å². The van der Waals surface area contributed by atoms with Gasteiger partial charge in [0.25, 0.3) is 0 Å². The van der Waals surface area contributed by atoms with Crippen molar-refractivity contribution in [1.29, 1.82) is 0 Å². The largest absolute Gasteiger partial charge is 0.369 e. The summed E-state index contributed by atoms with van der Waals surface area (Å²) in [6.07, 6.45) is 3.93. The van der Waals surface area contributed by atoms with E-state index in [0.29, 0.717) is 42.8 Å². The van der Waals surface area contributed by atoms with E-state index >= 15 is 0 Å². The molecule has 1 aromatic carbocycles. The molecule has 0 spiro atoms. The Labute approximate surface area is 171 Å². The molecule has 10 heteroatoms. The van der Waals surface area contributed by atoms with Crippen LogP contribution in [0.25, 0.3) is 0 Å². The van der Waals surface area contributed by atoms with Crippen molar-refractivity contribution in [3.05, 3.63) is 39.7 Å². The van der Waals surface area contributed by atoms with Crippen molar-refractivity contribution in [2.75, 3.05) is 28.7 Å². The molecule has 0 aliphatic carbocycles. The summed E-state index contributed by atoms with van der Waals surface area (Å²) in [7, 11) is -2.83. The first-order valence-corrected chi connectivity index (χ1v) is 11.5. The van der Waals surface area contributed by atoms with Gasteiger partial charge in [0.1, 0.15) is 21.5 Å². The zero-order valence-corrected chi connectivity index (χ0v) is 17.5. The van der Waals surface area contributed by atoms with Gasteiger partial charge in [-0.15, -0.1) is 0 Å². The van der Waals surface area contributed by atoms with Crippen molar-refractivity contribution in [2.45, 2.75) is 19.3 Å². The van der Waals surface area contributed by atoms with Crippen LogP contribution in [0.2, 0.25) is 5.02 Å². The molecule has 0 saturated carbocycles. The van der Waals surface area contributed by atoms with E-state index in [1.54, 1.807) is 12.3 Å². The molecule has 0 radical (unpaired) electrons. The number of halogens is 3. The van der Waals surface area contributed by atoms with Crippen LogP contribution in [-0.4, -0.2) is 36.4 Å². The molecule has 1 aromatic heterocycles. The lowest BCUT2D eigenvalue weighted by Crippen LogP contribution is -2.24. The van der Waals surface area contributed by atoms with Gasteiger partial charge < -0.3 is 10.6 Å². The number of rotatable bonds is 6. The summed E-state index contributed by atoms with van der Waals surface area (Å²) in [5, 5.41) is 6.26. The summed E-state index contributed by atoms with van der Waals surface area (Å²) in [6.45, 7) is 0.683. The zero-order chi connectivity index (χ0) is 19.4. The second-order valence-electron chi connectivity index (χ2n) is 6.45. The third-order valence-corrected chi connectivity index (χ3v) is 7.02. The van der Waals surface area contributed by atoms with E-state index in [1.165, 1.54) is 12.1 Å². The lowest BCUT2D eigenvalue weighted by molar-refractivity contribution is 0.445. The van der Waals surface area contributed by atoms with Crippen molar-refractivity contribution in [3.8, 4) is 0 Å². The van der Waals surface area contributed by atoms with Gasteiger partial charge in [-0.1, -0.05) is 11.6 Å². The van der Waals surface area contributed by atoms with Gasteiger partial charge in [0.05, 0.1) is 21.0 Å². The van der Waals surface area contributed by atoms with Gasteiger partial charge in [0, 0.05) is 18.4 Å². The second-order valence-corrected chi connectivity index (χ2v) is 10.0. The Kier molecular flexibility index (Phi) is 6.54. The minimum Gasteiger partial charge on any atom is -0.369 e. The number of benzene rings is 1. The molecule has 1 aliphatic rings. The number of aromatic nitrogens is 2. The predicted octanol–water partition coefficient (Wildman–Crippen LogP) is 4.40. The molecule has 1 fully saturated rings. The van der Waals surface area contributed by atoms with Crippen LogP contribution in [0.3, 0.4) is 0 Å². The molecule has 3 rings (SSSR count). The number of anilines is 3. The second kappa shape index (κ2) is 8.70. The normalized spacial score (nSPS) is 16.9. The van der Waals surface area contributed by atoms with E-state index in [2.05, 4.69) is 36.5 Å². The van der Waals surface area contributed by atoms with E-state index in [-0.39, 0.29) is 16.5 Å². The summed E-state index contributed by atoms with van der Waals surface area (Å²) in [5.74, 6) is 1.46. The van der Waals surface area contributed by atoms with Crippen molar-refractivity contribution in [3.63, 3.8) is 0 Å². The van der Waals surface area contributed by atoms with Gasteiger partial charge >= 0.3 is 0 Å². The van der Waals surface area contributed by atoms with Crippen LogP contribution < -0.4 is 10.6 Å². The molecular formula is C17H19BrClFN4O2S. The number of nitrogens with one attached hydrogen (secondary N) is 2. The molecular weight excluding hydrogens is 459 g/mol. The first-order valence-electron chi connectivity index (χ1n) is 8.51. The third-order valence-electron chi connectivity index (χ3n) is 4.44. The average molecular weight is 478 g/mol. The fraction of sp³-hybridized carbons (Fsp3) is 0.412. The van der Waals surface area contributed by atoms with Crippen LogP contribution in [0, 0.1) is 11.7 Å². The van der Waals surface area contributed by atoms with Crippen molar-refractivity contribution in [1.82, 2.24) is 9.97 Å². The van der Waals surface area contributed by atoms with Gasteiger partial charge in [0.2, 0.25) is 5.95 Å². The van der Waals surface area contributed by atoms with E-state index in [9.17, 15) is 12.8 Å². The third kappa shape index (κ3) is 5.76. The number of sulfone groups is 1. The summed E-state index contributed by atoms with van der Waals surface area (Å²) in [5.41, 5.74) is 0.582. The number of hydrogen-bond donors (Lipinski definition) is 2. The summed E-state index contributed by atoms with van der Waals surface area (Å²) in [4.78, 5) is 8.60. The number of nitrogens with zero attached hydrogens (tertiary/aromatic N) is 2. The SMILES string of the molecule is O=S1(=O)CCC(CCNc2nc(Nc3ccc(F)c(Cl)c3)ncc2Br)CC1. The molecule has 6 nitrogen and oxygen atoms in total. The molecule has 2 N–H and O–H groups in total. The topological polar surface area (TPSA) is 84.0 Å². The van der Waals surface area contributed by atoms with Crippen LogP contribution >= 0.6 is 27.5 Å². The van der Waals surface area contributed by atoms with Crippen LogP contribution in [-0.2, 0) is 9.84 Å². The minimum atomic E-state index is -2.83. The highest BCUT2D eigenvalue weighted by molar-refractivity contribution is 9.10. The highest BCUT2D eigenvalue weighted by Gasteiger charge is 2.23. The van der Waals surface area contributed by atoms with Crippen LogP contribution in [0.15, 0.2) is 28.9 Å². The predicted molar refractivity (Wildman–Crippen MR) is 109 cm³/mol. The summed E-state index contributed by atoms with van der Waals surface area (Å²) >= 11 is 9.20. The van der Waals surface area contributed by atoms with Gasteiger partial charge in [-0.2, -0.15) is 4.98 Å². The standard InChI is InChI=1S/C17H19BrClFN4O2S/c18-13-10-22-17(23-12-1-2-15(20)14(19)9-12)24-16(13)21-6-3-11-4-7-27(25,26)8-5-11/h1-2,9-11H,3-8H2,(H2,21,22,23,24). The first-order chi connectivity index (χ1) is 12.8. The van der Waals surface area contributed by atoms with Crippen molar-refractivity contribution < 1.29 is 12.8 Å². The molecule has 0 bridgehead atoms. The molecule has 2 heterocycles. The molecule has 1 saturated heterocycles. The summed E-state index contributed by atoms with van der Waals surface area (Å²) in [6, 6.07) is 4.29. The lowest BCUT2D eigenvalue weighted by atomic mass is 9.99. The van der Waals surface area contributed by atoms with Crippen molar-refractivity contribution >= 4 is 54.8 Å². The van der Waals surface area contributed by atoms with Gasteiger partial charge in [-0.05, 0) is 59.3 Å². The van der Waals surface area contributed by atoms with Gasteiger partial charge in [-0.3, -0.25) is 0 Å². The highest BCUT2D eigenvalue weighted by Crippen LogP contribution is 2.26. The Bertz CT molecular complexity index is 915. The molecule has 2 aromatic rings. The lowest BCUT2D eigenvalue weighted by Gasteiger charge is -2.22. The van der Waals surface area contributed by atoms with Crippen molar-refractivity contribution in [2.24, 2.45) is 5.92 Å². The average Bonchev–Trinajstić information content (AvgIpc) is 2.62. The maximum Gasteiger partial charge on any atom is 0.229 e. The number of hydrogen-bond acceptors (Lipinski definition) is 6. The van der Waals surface area contributed by atoms with Gasteiger partial charge in [-0.25, -0.2) is 17.8 Å². The van der Waals surface area contributed by atoms with Crippen LogP contribution in [0.1, 0.15) is 19.3 Å².